The average molecular weight is 323 g/mol. The number of non-ortho nitro benzene ring substituents is 1. The van der Waals surface area contributed by atoms with Gasteiger partial charge in [-0.15, -0.1) is 11.8 Å². The molecule has 0 saturated carbocycles. The molecule has 1 heterocycles. The molecule has 0 spiro atoms. The third kappa shape index (κ3) is 4.73. The maximum absolute atomic E-state index is 11.8. The number of nitro groups is 1. The summed E-state index contributed by atoms with van der Waals surface area (Å²) in [7, 11) is 0. The van der Waals surface area contributed by atoms with E-state index in [4.69, 9.17) is 0 Å². The highest BCUT2D eigenvalue weighted by Crippen LogP contribution is 2.21. The third-order valence-electron chi connectivity index (χ3n) is 3.31. The molecule has 1 saturated heterocycles. The SMILES string of the molecule is O=C(CSc1ccc([N+](=O)[O-])cc1)NCC(=O)N1CCCC1. The summed E-state index contributed by atoms with van der Waals surface area (Å²) in [5.41, 5.74) is 0.0185. The van der Waals surface area contributed by atoms with E-state index >= 15 is 0 Å². The van der Waals surface area contributed by atoms with Crippen molar-refractivity contribution in [2.24, 2.45) is 0 Å². The minimum Gasteiger partial charge on any atom is -0.346 e. The Morgan fingerprint density at radius 2 is 1.86 bits per heavy atom. The number of likely N-dealkylation sites (tertiary alicyclic amines) is 1. The molecule has 1 fully saturated rings. The molecule has 0 bridgehead atoms. The van der Waals surface area contributed by atoms with E-state index in [0.29, 0.717) is 0 Å². The van der Waals surface area contributed by atoms with E-state index in [1.54, 1.807) is 17.0 Å². The Balaban J connectivity index is 1.70. The van der Waals surface area contributed by atoms with Crippen LogP contribution >= 0.6 is 11.8 Å². The van der Waals surface area contributed by atoms with Crippen molar-refractivity contribution in [3.8, 4) is 0 Å². The lowest BCUT2D eigenvalue weighted by Gasteiger charge is -2.15. The summed E-state index contributed by atoms with van der Waals surface area (Å²) in [4.78, 5) is 36.1. The molecule has 1 aliphatic rings. The van der Waals surface area contributed by atoms with E-state index in [1.807, 2.05) is 0 Å². The first-order valence-corrected chi connectivity index (χ1v) is 7.96. The number of thioether (sulfide) groups is 1. The molecule has 8 heteroatoms. The third-order valence-corrected chi connectivity index (χ3v) is 4.33. The molecule has 1 aromatic carbocycles. The first kappa shape index (κ1) is 16.3. The van der Waals surface area contributed by atoms with Crippen molar-refractivity contribution >= 4 is 29.3 Å². The van der Waals surface area contributed by atoms with Crippen LogP contribution in [0.4, 0.5) is 5.69 Å². The van der Waals surface area contributed by atoms with E-state index in [2.05, 4.69) is 5.32 Å². The number of carbonyl (C=O) groups is 2. The largest absolute Gasteiger partial charge is 0.346 e. The van der Waals surface area contributed by atoms with Crippen LogP contribution in [-0.2, 0) is 9.59 Å². The molecule has 0 unspecified atom stereocenters. The summed E-state index contributed by atoms with van der Waals surface area (Å²) in [5, 5.41) is 13.1. The second kappa shape index (κ2) is 7.79. The van der Waals surface area contributed by atoms with E-state index in [0.717, 1.165) is 30.8 Å². The summed E-state index contributed by atoms with van der Waals surface area (Å²) < 4.78 is 0. The van der Waals surface area contributed by atoms with Gasteiger partial charge in [-0.2, -0.15) is 0 Å². The molecule has 1 aromatic rings. The number of benzene rings is 1. The standard InChI is InChI=1S/C14H17N3O4S/c18-13(15-9-14(19)16-7-1-2-8-16)10-22-12-5-3-11(4-6-12)17(20)21/h3-6H,1-2,7-10H2,(H,15,18). The lowest BCUT2D eigenvalue weighted by molar-refractivity contribution is -0.384. The second-order valence-electron chi connectivity index (χ2n) is 4.90. The van der Waals surface area contributed by atoms with Crippen molar-refractivity contribution in [3.63, 3.8) is 0 Å². The normalized spacial score (nSPS) is 13.9. The molecule has 0 atom stereocenters. The van der Waals surface area contributed by atoms with Gasteiger partial charge in [0.05, 0.1) is 17.2 Å². The predicted octanol–water partition coefficient (Wildman–Crippen LogP) is 1.43. The van der Waals surface area contributed by atoms with E-state index in [-0.39, 0.29) is 29.8 Å². The zero-order chi connectivity index (χ0) is 15.9. The van der Waals surface area contributed by atoms with E-state index in [1.165, 1.54) is 23.9 Å². The van der Waals surface area contributed by atoms with Crippen LogP contribution < -0.4 is 5.32 Å². The fourth-order valence-electron chi connectivity index (χ4n) is 2.12. The highest BCUT2D eigenvalue weighted by atomic mass is 32.2. The zero-order valence-electron chi connectivity index (χ0n) is 12.0. The van der Waals surface area contributed by atoms with Crippen molar-refractivity contribution in [3.05, 3.63) is 34.4 Å². The van der Waals surface area contributed by atoms with Crippen molar-refractivity contribution in [2.45, 2.75) is 17.7 Å². The Morgan fingerprint density at radius 1 is 1.23 bits per heavy atom. The number of hydrogen-bond donors (Lipinski definition) is 1. The van der Waals surface area contributed by atoms with Gasteiger partial charge in [-0.05, 0) is 25.0 Å². The Bertz CT molecular complexity index is 556. The molecule has 0 radical (unpaired) electrons. The van der Waals surface area contributed by atoms with Gasteiger partial charge in [-0.3, -0.25) is 19.7 Å². The molecule has 0 aromatic heterocycles. The minimum absolute atomic E-state index is 0.0185. The summed E-state index contributed by atoms with van der Waals surface area (Å²) in [5.74, 6) is -0.104. The van der Waals surface area contributed by atoms with Crippen molar-refractivity contribution in [2.75, 3.05) is 25.4 Å². The van der Waals surface area contributed by atoms with Crippen LogP contribution in [0.25, 0.3) is 0 Å². The Labute approximate surface area is 132 Å². The molecule has 1 N–H and O–H groups in total. The number of nitrogens with one attached hydrogen (secondary N) is 1. The van der Waals surface area contributed by atoms with Crippen LogP contribution in [0.1, 0.15) is 12.8 Å². The fourth-order valence-corrected chi connectivity index (χ4v) is 2.84. The van der Waals surface area contributed by atoms with Crippen molar-refractivity contribution in [1.29, 1.82) is 0 Å². The van der Waals surface area contributed by atoms with Crippen molar-refractivity contribution in [1.82, 2.24) is 10.2 Å². The van der Waals surface area contributed by atoms with E-state index in [9.17, 15) is 19.7 Å². The van der Waals surface area contributed by atoms with Gasteiger partial charge in [0.2, 0.25) is 11.8 Å². The van der Waals surface area contributed by atoms with Gasteiger partial charge < -0.3 is 10.2 Å². The molecule has 118 valence electrons. The minimum atomic E-state index is -0.467. The summed E-state index contributed by atoms with van der Waals surface area (Å²) >= 11 is 1.27. The number of rotatable bonds is 6. The molecule has 1 aliphatic heterocycles. The topological polar surface area (TPSA) is 92.5 Å². The van der Waals surface area contributed by atoms with Gasteiger partial charge in [0.25, 0.3) is 5.69 Å². The summed E-state index contributed by atoms with van der Waals surface area (Å²) in [6, 6.07) is 6.01. The Morgan fingerprint density at radius 3 is 2.45 bits per heavy atom. The smallest absolute Gasteiger partial charge is 0.269 e. The lowest BCUT2D eigenvalue weighted by Crippen LogP contribution is -2.39. The van der Waals surface area contributed by atoms with Gasteiger partial charge in [0, 0.05) is 30.1 Å². The van der Waals surface area contributed by atoms with Crippen LogP contribution in [0.15, 0.2) is 29.2 Å². The van der Waals surface area contributed by atoms with Crippen LogP contribution in [-0.4, -0.2) is 47.0 Å². The summed E-state index contributed by atoms with van der Waals surface area (Å²) in [6.07, 6.45) is 2.05. The first-order valence-electron chi connectivity index (χ1n) is 6.98. The Hall–Kier alpha value is -2.09. The van der Waals surface area contributed by atoms with Crippen LogP contribution in [0.5, 0.6) is 0 Å². The molecule has 22 heavy (non-hydrogen) atoms. The molecule has 7 nitrogen and oxygen atoms in total. The summed E-state index contributed by atoms with van der Waals surface area (Å²) in [6.45, 7) is 1.57. The fraction of sp³-hybridized carbons (Fsp3) is 0.429. The first-order chi connectivity index (χ1) is 10.6. The molecule has 2 amide bonds. The maximum atomic E-state index is 11.8. The highest BCUT2D eigenvalue weighted by Gasteiger charge is 2.18. The van der Waals surface area contributed by atoms with Crippen LogP contribution in [0.3, 0.4) is 0 Å². The molecule has 2 rings (SSSR count). The Kier molecular flexibility index (Phi) is 5.76. The van der Waals surface area contributed by atoms with Gasteiger partial charge in [-0.1, -0.05) is 0 Å². The van der Waals surface area contributed by atoms with Gasteiger partial charge in [0.15, 0.2) is 0 Å². The maximum Gasteiger partial charge on any atom is 0.269 e. The highest BCUT2D eigenvalue weighted by molar-refractivity contribution is 8.00. The predicted molar refractivity (Wildman–Crippen MR) is 82.6 cm³/mol. The number of nitro benzene ring substituents is 1. The average Bonchev–Trinajstić information content (AvgIpc) is 3.05. The number of amides is 2. The molecular weight excluding hydrogens is 306 g/mol. The lowest BCUT2D eigenvalue weighted by atomic mass is 10.3. The molecular formula is C14H17N3O4S. The van der Waals surface area contributed by atoms with Gasteiger partial charge in [-0.25, -0.2) is 0 Å². The molecule has 0 aliphatic carbocycles. The van der Waals surface area contributed by atoms with Crippen LogP contribution in [0, 0.1) is 10.1 Å². The monoisotopic (exact) mass is 323 g/mol. The number of nitrogens with zero attached hydrogens (tertiary/aromatic N) is 2. The van der Waals surface area contributed by atoms with E-state index < -0.39 is 4.92 Å². The van der Waals surface area contributed by atoms with Gasteiger partial charge >= 0.3 is 0 Å². The van der Waals surface area contributed by atoms with Crippen molar-refractivity contribution < 1.29 is 14.5 Å². The zero-order valence-corrected chi connectivity index (χ0v) is 12.8. The number of carbonyl (C=O) groups excluding carboxylic acids is 2. The van der Waals surface area contributed by atoms with Crippen LogP contribution in [0.2, 0.25) is 0 Å². The number of hydrogen-bond acceptors (Lipinski definition) is 5. The second-order valence-corrected chi connectivity index (χ2v) is 5.95. The quantitative estimate of drug-likeness (QED) is 0.485. The van der Waals surface area contributed by atoms with Gasteiger partial charge in [0.1, 0.15) is 0 Å².